The van der Waals surface area contributed by atoms with Crippen LogP contribution in [-0.2, 0) is 10.0 Å². The van der Waals surface area contributed by atoms with Crippen LogP contribution in [0.5, 0.6) is 0 Å². The molecular formula is C14H24N4O3S. The number of anilines is 2. The number of carbonyl (C=O) groups is 1. The Bertz CT molecular complexity index is 602. The Morgan fingerprint density at radius 2 is 2.09 bits per heavy atom. The van der Waals surface area contributed by atoms with Gasteiger partial charge >= 0.3 is 15.3 Å². The maximum Gasteiger partial charge on any atom is 0.354 e. The Balaban J connectivity index is 3.14. The first-order valence-corrected chi connectivity index (χ1v) is 8.78. The van der Waals surface area contributed by atoms with Crippen molar-refractivity contribution in [3.05, 3.63) is 18.5 Å². The predicted octanol–water partition coefficient (Wildman–Crippen LogP) is 2.31. The second kappa shape index (κ2) is 7.98. The fraction of sp³-hybridized carbons (Fsp3) is 0.571. The van der Waals surface area contributed by atoms with E-state index in [0.717, 1.165) is 23.6 Å². The molecule has 0 saturated heterocycles. The van der Waals surface area contributed by atoms with Gasteiger partial charge in [0.1, 0.15) is 0 Å². The van der Waals surface area contributed by atoms with Gasteiger partial charge in [-0.25, -0.2) is 0 Å². The van der Waals surface area contributed by atoms with Gasteiger partial charge in [-0.1, -0.05) is 19.8 Å². The summed E-state index contributed by atoms with van der Waals surface area (Å²) in [6.07, 6.45) is 6.14. The SMILES string of the molecule is CCCCCNc1ccncc1N(C(C)C)S(=O)(=O)C(N)=O. The van der Waals surface area contributed by atoms with Crippen LogP contribution in [0.4, 0.5) is 16.2 Å². The van der Waals surface area contributed by atoms with E-state index in [2.05, 4.69) is 17.2 Å². The molecule has 0 radical (unpaired) electrons. The summed E-state index contributed by atoms with van der Waals surface area (Å²) in [4.78, 5) is 15.3. The van der Waals surface area contributed by atoms with Crippen LogP contribution >= 0.6 is 0 Å². The monoisotopic (exact) mass is 328 g/mol. The molecule has 3 N–H and O–H groups in total. The summed E-state index contributed by atoms with van der Waals surface area (Å²) in [7, 11) is -4.26. The van der Waals surface area contributed by atoms with Crippen LogP contribution in [0, 0.1) is 0 Å². The number of unbranched alkanes of at least 4 members (excludes halogenated alkanes) is 2. The molecule has 8 heteroatoms. The topological polar surface area (TPSA) is 105 Å². The van der Waals surface area contributed by atoms with E-state index in [-0.39, 0.29) is 0 Å². The number of pyridine rings is 1. The van der Waals surface area contributed by atoms with E-state index in [4.69, 9.17) is 5.73 Å². The number of nitrogens with one attached hydrogen (secondary N) is 1. The van der Waals surface area contributed by atoms with Crippen molar-refractivity contribution < 1.29 is 13.2 Å². The van der Waals surface area contributed by atoms with E-state index in [1.165, 1.54) is 6.20 Å². The third-order valence-electron chi connectivity index (χ3n) is 3.12. The Labute approximate surface area is 132 Å². The summed E-state index contributed by atoms with van der Waals surface area (Å²) >= 11 is 0. The lowest BCUT2D eigenvalue weighted by Crippen LogP contribution is -2.43. The fourth-order valence-electron chi connectivity index (χ4n) is 2.09. The lowest BCUT2D eigenvalue weighted by atomic mass is 10.2. The first-order valence-electron chi connectivity index (χ1n) is 7.34. The molecule has 0 aliphatic heterocycles. The standard InChI is InChI=1S/C14H24N4O3S/c1-4-5-6-8-17-12-7-9-16-10-13(12)18(11(2)3)22(20,21)14(15)19/h7,9-11H,4-6,8H2,1-3H3,(H2,15,19)(H,16,17). The van der Waals surface area contributed by atoms with Gasteiger partial charge in [-0.05, 0) is 26.3 Å². The number of hydrogen-bond donors (Lipinski definition) is 2. The molecule has 0 aliphatic rings. The number of rotatable bonds is 8. The largest absolute Gasteiger partial charge is 0.383 e. The average molecular weight is 328 g/mol. The number of carbonyl (C=O) groups excluding carboxylic acids is 1. The van der Waals surface area contributed by atoms with Crippen molar-refractivity contribution in [3.8, 4) is 0 Å². The molecule has 0 unspecified atom stereocenters. The molecule has 1 heterocycles. The van der Waals surface area contributed by atoms with Crippen molar-refractivity contribution in [3.63, 3.8) is 0 Å². The number of amides is 1. The minimum atomic E-state index is -4.26. The number of primary amides is 1. The van der Waals surface area contributed by atoms with E-state index in [9.17, 15) is 13.2 Å². The average Bonchev–Trinajstić information content (AvgIpc) is 2.44. The second-order valence-electron chi connectivity index (χ2n) is 5.24. The van der Waals surface area contributed by atoms with Crippen molar-refractivity contribution in [2.24, 2.45) is 5.73 Å². The highest BCUT2D eigenvalue weighted by atomic mass is 32.2. The van der Waals surface area contributed by atoms with Crippen LogP contribution < -0.4 is 15.4 Å². The number of nitrogens with zero attached hydrogens (tertiary/aromatic N) is 2. The van der Waals surface area contributed by atoms with Crippen LogP contribution in [0.15, 0.2) is 18.5 Å². The molecule has 0 fully saturated rings. The van der Waals surface area contributed by atoms with Crippen molar-refractivity contribution in [1.82, 2.24) is 4.98 Å². The van der Waals surface area contributed by atoms with E-state index in [1.54, 1.807) is 26.1 Å². The summed E-state index contributed by atoms with van der Waals surface area (Å²) < 4.78 is 25.4. The highest BCUT2D eigenvalue weighted by Gasteiger charge is 2.32. The zero-order chi connectivity index (χ0) is 16.8. The van der Waals surface area contributed by atoms with Gasteiger partial charge in [0.2, 0.25) is 0 Å². The first-order chi connectivity index (χ1) is 10.3. The van der Waals surface area contributed by atoms with Crippen LogP contribution in [0.2, 0.25) is 0 Å². The lowest BCUT2D eigenvalue weighted by Gasteiger charge is -2.28. The molecule has 1 rings (SSSR count). The molecule has 22 heavy (non-hydrogen) atoms. The number of nitrogens with two attached hydrogens (primary N) is 1. The van der Waals surface area contributed by atoms with E-state index in [0.29, 0.717) is 17.9 Å². The zero-order valence-electron chi connectivity index (χ0n) is 13.2. The van der Waals surface area contributed by atoms with Gasteiger partial charge < -0.3 is 11.1 Å². The molecule has 7 nitrogen and oxygen atoms in total. The molecule has 0 spiro atoms. The van der Waals surface area contributed by atoms with Gasteiger partial charge in [-0.3, -0.25) is 14.1 Å². The number of hydrogen-bond acceptors (Lipinski definition) is 5. The summed E-state index contributed by atoms with van der Waals surface area (Å²) in [5.41, 5.74) is 5.97. The van der Waals surface area contributed by atoms with Crippen LogP contribution in [0.3, 0.4) is 0 Å². The third-order valence-corrected chi connectivity index (χ3v) is 4.76. The van der Waals surface area contributed by atoms with Gasteiger partial charge in [0.05, 0.1) is 17.6 Å². The summed E-state index contributed by atoms with van der Waals surface area (Å²) in [5.74, 6) is 0. The minimum absolute atomic E-state index is 0.327. The second-order valence-corrected chi connectivity index (χ2v) is 6.99. The maximum absolute atomic E-state index is 12.2. The Hall–Kier alpha value is -1.83. The molecule has 0 bridgehead atoms. The Morgan fingerprint density at radius 3 is 2.64 bits per heavy atom. The maximum atomic E-state index is 12.2. The van der Waals surface area contributed by atoms with E-state index in [1.807, 2.05) is 0 Å². The van der Waals surface area contributed by atoms with Gasteiger partial charge in [0.25, 0.3) is 0 Å². The van der Waals surface area contributed by atoms with Crippen molar-refractivity contribution >= 4 is 26.6 Å². The first kappa shape index (κ1) is 18.2. The molecule has 0 saturated carbocycles. The van der Waals surface area contributed by atoms with Crippen molar-refractivity contribution in [2.45, 2.75) is 46.1 Å². The summed E-state index contributed by atoms with van der Waals surface area (Å²) in [6, 6.07) is 1.23. The lowest BCUT2D eigenvalue weighted by molar-refractivity contribution is 0.265. The van der Waals surface area contributed by atoms with Crippen molar-refractivity contribution in [2.75, 3.05) is 16.2 Å². The zero-order valence-corrected chi connectivity index (χ0v) is 14.1. The third kappa shape index (κ3) is 4.33. The predicted molar refractivity (Wildman–Crippen MR) is 88.4 cm³/mol. The molecule has 1 aromatic rings. The summed E-state index contributed by atoms with van der Waals surface area (Å²) in [5, 5.41) is 1.82. The highest BCUT2D eigenvalue weighted by Crippen LogP contribution is 2.29. The normalized spacial score (nSPS) is 11.5. The highest BCUT2D eigenvalue weighted by molar-refractivity contribution is 8.07. The quantitative estimate of drug-likeness (QED) is 0.712. The number of aromatic nitrogens is 1. The molecule has 0 aliphatic carbocycles. The molecule has 0 aromatic carbocycles. The fourth-order valence-corrected chi connectivity index (χ4v) is 3.24. The molecular weight excluding hydrogens is 304 g/mol. The van der Waals surface area contributed by atoms with E-state index < -0.39 is 21.3 Å². The molecule has 124 valence electrons. The van der Waals surface area contributed by atoms with Crippen LogP contribution in [0.1, 0.15) is 40.0 Å². The van der Waals surface area contributed by atoms with Gasteiger partial charge in [-0.15, -0.1) is 0 Å². The Morgan fingerprint density at radius 1 is 1.41 bits per heavy atom. The summed E-state index contributed by atoms with van der Waals surface area (Å²) in [6.45, 7) is 6.17. The van der Waals surface area contributed by atoms with Crippen LogP contribution in [-0.4, -0.2) is 31.2 Å². The van der Waals surface area contributed by atoms with Crippen molar-refractivity contribution in [1.29, 1.82) is 0 Å². The molecule has 1 amide bonds. The van der Waals surface area contributed by atoms with Gasteiger partial charge in [0.15, 0.2) is 0 Å². The smallest absolute Gasteiger partial charge is 0.354 e. The minimum Gasteiger partial charge on any atom is -0.383 e. The molecule has 1 aromatic heterocycles. The van der Waals surface area contributed by atoms with Gasteiger partial charge in [-0.2, -0.15) is 8.42 Å². The van der Waals surface area contributed by atoms with Gasteiger partial charge in [0, 0.05) is 18.8 Å². The number of sulfonamides is 1. The Kier molecular flexibility index (Phi) is 6.61. The van der Waals surface area contributed by atoms with Crippen LogP contribution in [0.25, 0.3) is 0 Å². The molecule has 0 atom stereocenters. The van der Waals surface area contributed by atoms with E-state index >= 15 is 0 Å².